The summed E-state index contributed by atoms with van der Waals surface area (Å²) < 4.78 is 11.7. The summed E-state index contributed by atoms with van der Waals surface area (Å²) in [5, 5.41) is 19.1. The summed E-state index contributed by atoms with van der Waals surface area (Å²) in [7, 11) is 0. The van der Waals surface area contributed by atoms with Gasteiger partial charge in [0.2, 0.25) is 5.95 Å². The maximum atomic E-state index is 8.87. The van der Waals surface area contributed by atoms with E-state index in [-0.39, 0.29) is 6.61 Å². The molecule has 0 amide bonds. The maximum absolute atomic E-state index is 8.87. The zero-order valence-corrected chi connectivity index (χ0v) is 21.0. The summed E-state index contributed by atoms with van der Waals surface area (Å²) in [5.74, 6) is 3.15. The fraction of sp³-hybridized carbons (Fsp3) is 0.640. The third kappa shape index (κ3) is 7.08. The second kappa shape index (κ2) is 11.9. The molecule has 3 heterocycles. The molecule has 1 saturated heterocycles. The van der Waals surface area contributed by atoms with Crippen LogP contribution in [0.4, 0.5) is 23.3 Å². The fourth-order valence-electron chi connectivity index (χ4n) is 4.13. The third-order valence-electron chi connectivity index (χ3n) is 6.56. The summed E-state index contributed by atoms with van der Waals surface area (Å²) in [5.41, 5.74) is 1.53. The van der Waals surface area contributed by atoms with Gasteiger partial charge in [-0.2, -0.15) is 4.98 Å². The van der Waals surface area contributed by atoms with Gasteiger partial charge in [-0.25, -0.2) is 15.0 Å². The maximum Gasteiger partial charge on any atom is 0.228 e. The fourth-order valence-corrected chi connectivity index (χ4v) is 4.13. The second-order valence-electron chi connectivity index (χ2n) is 10.00. The van der Waals surface area contributed by atoms with Crippen molar-refractivity contribution in [2.75, 3.05) is 68.1 Å². The summed E-state index contributed by atoms with van der Waals surface area (Å²) in [6.07, 6.45) is 8.14. The molecule has 0 bridgehead atoms. The number of anilines is 4. The van der Waals surface area contributed by atoms with Crippen LogP contribution in [-0.2, 0) is 9.47 Å². The molecule has 36 heavy (non-hydrogen) atoms. The standard InChI is InChI=1S/C25H37N9O2/c1-17-12-34(10-8-28-17)25-32-22(20(26)15-36-14-19-4-5-19)23(29-9-11-35-13-18-2-3-18)24(33-25)31-21-6-7-27-16-30-21/h6-7,16-19,26,28-29H,2-5,8-15H2,1H3,(H,27,30,31,32,33). The van der Waals surface area contributed by atoms with Crippen molar-refractivity contribution in [2.24, 2.45) is 11.8 Å². The summed E-state index contributed by atoms with van der Waals surface area (Å²) in [6, 6.07) is 2.12. The van der Waals surface area contributed by atoms with E-state index in [9.17, 15) is 0 Å². The number of ether oxygens (including phenoxy) is 2. The topological polar surface area (TPSA) is 133 Å². The largest absolute Gasteiger partial charge is 0.379 e. The Balaban J connectivity index is 1.41. The van der Waals surface area contributed by atoms with Crippen LogP contribution in [0.5, 0.6) is 0 Å². The molecule has 0 aromatic carbocycles. The Bertz CT molecular complexity index is 1010. The number of rotatable bonds is 14. The van der Waals surface area contributed by atoms with Crippen LogP contribution in [0.15, 0.2) is 18.6 Å². The molecule has 11 heteroatoms. The van der Waals surface area contributed by atoms with Gasteiger partial charge >= 0.3 is 0 Å². The highest BCUT2D eigenvalue weighted by Crippen LogP contribution is 2.31. The van der Waals surface area contributed by atoms with Crippen molar-refractivity contribution in [1.29, 1.82) is 5.41 Å². The van der Waals surface area contributed by atoms with E-state index < -0.39 is 0 Å². The number of hydrogen-bond donors (Lipinski definition) is 4. The Morgan fingerprint density at radius 3 is 2.69 bits per heavy atom. The Labute approximate surface area is 212 Å². The predicted molar refractivity (Wildman–Crippen MR) is 139 cm³/mol. The molecule has 1 unspecified atom stereocenters. The van der Waals surface area contributed by atoms with E-state index in [1.54, 1.807) is 12.3 Å². The number of piperazine rings is 1. The van der Waals surface area contributed by atoms with Crippen LogP contribution >= 0.6 is 0 Å². The van der Waals surface area contributed by atoms with E-state index >= 15 is 0 Å². The van der Waals surface area contributed by atoms with Crippen molar-refractivity contribution in [3.8, 4) is 0 Å². The molecule has 3 aliphatic rings. The van der Waals surface area contributed by atoms with Gasteiger partial charge in [0.1, 0.15) is 23.5 Å². The van der Waals surface area contributed by atoms with Crippen molar-refractivity contribution in [2.45, 2.75) is 38.6 Å². The first-order valence-electron chi connectivity index (χ1n) is 13.1. The van der Waals surface area contributed by atoms with Crippen LogP contribution in [-0.4, -0.2) is 84.3 Å². The molecule has 11 nitrogen and oxygen atoms in total. The molecular weight excluding hydrogens is 458 g/mol. The van der Waals surface area contributed by atoms with E-state index in [2.05, 4.69) is 37.7 Å². The van der Waals surface area contributed by atoms with Crippen molar-refractivity contribution < 1.29 is 9.47 Å². The highest BCUT2D eigenvalue weighted by atomic mass is 16.5. The molecule has 4 N–H and O–H groups in total. The number of aromatic nitrogens is 4. The van der Waals surface area contributed by atoms with Crippen molar-refractivity contribution in [3.05, 3.63) is 24.3 Å². The van der Waals surface area contributed by atoms with Crippen molar-refractivity contribution in [3.63, 3.8) is 0 Å². The lowest BCUT2D eigenvalue weighted by atomic mass is 10.2. The van der Waals surface area contributed by atoms with Gasteiger partial charge in [0.15, 0.2) is 5.82 Å². The van der Waals surface area contributed by atoms with E-state index in [0.29, 0.717) is 66.4 Å². The van der Waals surface area contributed by atoms with Gasteiger partial charge in [-0.3, -0.25) is 0 Å². The van der Waals surface area contributed by atoms with Gasteiger partial charge in [-0.1, -0.05) is 0 Å². The minimum Gasteiger partial charge on any atom is -0.379 e. The van der Waals surface area contributed by atoms with Crippen molar-refractivity contribution >= 4 is 29.0 Å². The molecule has 1 atom stereocenters. The SMILES string of the molecule is CC1CN(c2nc(Nc3ccncn3)c(NCCOCC3CC3)c(C(=N)COCC3CC3)n2)CCN1. The van der Waals surface area contributed by atoms with Gasteiger partial charge in [0.25, 0.3) is 0 Å². The Morgan fingerprint density at radius 1 is 1.17 bits per heavy atom. The molecule has 2 aliphatic carbocycles. The van der Waals surface area contributed by atoms with Gasteiger partial charge in [-0.15, -0.1) is 0 Å². The highest BCUT2D eigenvalue weighted by molar-refractivity contribution is 6.04. The zero-order valence-electron chi connectivity index (χ0n) is 21.0. The molecule has 2 saturated carbocycles. The van der Waals surface area contributed by atoms with E-state index in [1.165, 1.54) is 32.0 Å². The molecule has 5 rings (SSSR count). The first-order valence-corrected chi connectivity index (χ1v) is 13.1. The molecule has 0 radical (unpaired) electrons. The minimum absolute atomic E-state index is 0.213. The lowest BCUT2D eigenvalue weighted by molar-refractivity contribution is 0.134. The predicted octanol–water partition coefficient (Wildman–Crippen LogP) is 2.44. The molecule has 3 fully saturated rings. The molecule has 2 aromatic rings. The first-order chi connectivity index (χ1) is 17.7. The molecule has 194 valence electrons. The zero-order chi connectivity index (χ0) is 24.7. The monoisotopic (exact) mass is 495 g/mol. The average Bonchev–Trinajstić information content (AvgIpc) is 3.81. The van der Waals surface area contributed by atoms with E-state index in [4.69, 9.17) is 24.9 Å². The number of nitrogens with zero attached hydrogens (tertiary/aromatic N) is 5. The Kier molecular flexibility index (Phi) is 8.19. The van der Waals surface area contributed by atoms with E-state index in [1.807, 2.05) is 0 Å². The molecular formula is C25H37N9O2. The summed E-state index contributed by atoms with van der Waals surface area (Å²) in [6.45, 7) is 7.47. The smallest absolute Gasteiger partial charge is 0.228 e. The van der Waals surface area contributed by atoms with Gasteiger partial charge in [0.05, 0.1) is 18.9 Å². The second-order valence-corrected chi connectivity index (χ2v) is 10.00. The lowest BCUT2D eigenvalue weighted by Crippen LogP contribution is -2.50. The quantitative estimate of drug-likeness (QED) is 0.229. The van der Waals surface area contributed by atoms with Crippen LogP contribution in [0, 0.1) is 17.2 Å². The summed E-state index contributed by atoms with van der Waals surface area (Å²) >= 11 is 0. The normalized spacial score (nSPS) is 19.8. The average molecular weight is 496 g/mol. The highest BCUT2D eigenvalue weighted by Gasteiger charge is 2.26. The molecule has 2 aromatic heterocycles. The number of nitrogens with one attached hydrogen (secondary N) is 4. The Morgan fingerprint density at radius 2 is 1.97 bits per heavy atom. The lowest BCUT2D eigenvalue weighted by Gasteiger charge is -2.32. The number of hydrogen-bond acceptors (Lipinski definition) is 11. The van der Waals surface area contributed by atoms with Gasteiger partial charge in [-0.05, 0) is 50.5 Å². The van der Waals surface area contributed by atoms with Crippen LogP contribution in [0.2, 0.25) is 0 Å². The van der Waals surface area contributed by atoms with Crippen molar-refractivity contribution in [1.82, 2.24) is 25.3 Å². The molecule has 1 aliphatic heterocycles. The van der Waals surface area contributed by atoms with Crippen LogP contribution in [0.3, 0.4) is 0 Å². The minimum atomic E-state index is 0.213. The van der Waals surface area contributed by atoms with E-state index in [0.717, 1.165) is 32.2 Å². The van der Waals surface area contributed by atoms with Crippen LogP contribution < -0.4 is 20.9 Å². The van der Waals surface area contributed by atoms with Gasteiger partial charge in [0, 0.05) is 51.6 Å². The van der Waals surface area contributed by atoms with Gasteiger partial charge < -0.3 is 35.7 Å². The Hall–Kier alpha value is -2.89. The van der Waals surface area contributed by atoms with Crippen LogP contribution in [0.25, 0.3) is 0 Å². The summed E-state index contributed by atoms with van der Waals surface area (Å²) in [4.78, 5) is 20.3. The molecule has 0 spiro atoms. The van der Waals surface area contributed by atoms with Crippen LogP contribution in [0.1, 0.15) is 38.3 Å². The third-order valence-corrected chi connectivity index (χ3v) is 6.56. The first kappa shape index (κ1) is 24.8.